The summed E-state index contributed by atoms with van der Waals surface area (Å²) in [7, 11) is 5.44. The van der Waals surface area contributed by atoms with Gasteiger partial charge in [-0.1, -0.05) is 146 Å². The Labute approximate surface area is 376 Å². The maximum Gasteiger partial charge on any atom is 0.336 e. The van der Waals surface area contributed by atoms with E-state index in [9.17, 15) is 19.2 Å². The van der Waals surface area contributed by atoms with Crippen LogP contribution in [0.1, 0.15) is 63.8 Å². The Morgan fingerprint density at radius 1 is 0.469 bits per heavy atom. The first-order valence-electron chi connectivity index (χ1n) is 21.7. The van der Waals surface area contributed by atoms with Crippen molar-refractivity contribution in [3.8, 4) is 0 Å². The molecule has 0 fully saturated rings. The Bertz CT molecular complexity index is 2380. The molecule has 0 amide bonds. The van der Waals surface area contributed by atoms with E-state index in [1.54, 1.807) is 0 Å². The lowest BCUT2D eigenvalue weighted by Gasteiger charge is -2.49. The molecule has 332 valence electrons. The fourth-order valence-electron chi connectivity index (χ4n) is 10.8. The molecule has 4 aromatic rings. The van der Waals surface area contributed by atoms with E-state index < -0.39 is 47.0 Å². The summed E-state index contributed by atoms with van der Waals surface area (Å²) in [6, 6.07) is 39.5. The zero-order valence-electron chi connectivity index (χ0n) is 38.4. The molecule has 0 aliphatic carbocycles. The third kappa shape index (κ3) is 7.42. The molecule has 4 heterocycles. The molecule has 4 bridgehead atoms. The van der Waals surface area contributed by atoms with Crippen molar-refractivity contribution in [3.05, 3.63) is 177 Å². The summed E-state index contributed by atoms with van der Waals surface area (Å²) in [5.74, 6) is -2.02. The second kappa shape index (κ2) is 18.4. The van der Waals surface area contributed by atoms with Crippen molar-refractivity contribution in [3.63, 3.8) is 0 Å². The van der Waals surface area contributed by atoms with Crippen LogP contribution < -0.4 is 0 Å². The molecule has 6 atom stereocenters. The average molecular weight is 863 g/mol. The predicted octanol–water partition coefficient (Wildman–Crippen LogP) is 8.79. The lowest BCUT2D eigenvalue weighted by molar-refractivity contribution is -0.139. The van der Waals surface area contributed by atoms with Crippen molar-refractivity contribution in [2.75, 3.05) is 28.4 Å². The Balaban J connectivity index is 0.000000191. The zero-order chi connectivity index (χ0) is 46.1. The predicted molar refractivity (Wildman–Crippen MR) is 247 cm³/mol. The molecule has 0 N–H and O–H groups in total. The molecule has 0 radical (unpaired) electrons. The number of hydrogen-bond donors (Lipinski definition) is 0. The van der Waals surface area contributed by atoms with Crippen LogP contribution in [0, 0.1) is 11.8 Å². The number of carbonyl (C=O) groups is 4. The van der Waals surface area contributed by atoms with Gasteiger partial charge in [0.25, 0.3) is 0 Å². The highest BCUT2D eigenvalue weighted by Crippen LogP contribution is 2.57. The number of esters is 4. The molecule has 4 aliphatic heterocycles. The number of ether oxygens (including phenoxy) is 4. The van der Waals surface area contributed by atoms with Crippen molar-refractivity contribution in [2.24, 2.45) is 11.8 Å². The number of fused-ring (bicyclic) bond motifs is 4. The molecule has 0 aromatic heterocycles. The second-order valence-corrected chi connectivity index (χ2v) is 17.2. The average Bonchev–Trinajstić information content (AvgIpc) is 3.67. The van der Waals surface area contributed by atoms with Gasteiger partial charge in [-0.15, -0.1) is 0 Å². The van der Waals surface area contributed by atoms with Crippen molar-refractivity contribution in [1.82, 2.24) is 9.80 Å². The number of hydrogen-bond acceptors (Lipinski definition) is 10. The van der Waals surface area contributed by atoms with E-state index in [4.69, 9.17) is 18.9 Å². The van der Waals surface area contributed by atoms with E-state index in [1.807, 2.05) is 86.6 Å². The monoisotopic (exact) mass is 862 g/mol. The van der Waals surface area contributed by atoms with E-state index in [2.05, 4.69) is 86.0 Å². The molecule has 8 rings (SSSR count). The molecule has 0 saturated carbocycles. The highest BCUT2D eigenvalue weighted by molar-refractivity contribution is 6.09. The largest absolute Gasteiger partial charge is 0.466 e. The van der Waals surface area contributed by atoms with Crippen LogP contribution in [0.3, 0.4) is 0 Å². The van der Waals surface area contributed by atoms with E-state index in [0.717, 1.165) is 44.5 Å². The lowest BCUT2D eigenvalue weighted by Crippen LogP contribution is -2.56. The summed E-state index contributed by atoms with van der Waals surface area (Å²) in [5.41, 5.74) is 8.80. The third-order valence-electron chi connectivity index (χ3n) is 14.4. The minimum atomic E-state index is -0.723. The highest BCUT2D eigenvalue weighted by atomic mass is 16.5. The molecule has 64 heavy (non-hydrogen) atoms. The van der Waals surface area contributed by atoms with Gasteiger partial charge in [-0.05, 0) is 61.1 Å². The topological polar surface area (TPSA) is 112 Å². The van der Waals surface area contributed by atoms with Crippen LogP contribution in [-0.4, -0.2) is 85.3 Å². The maximum atomic E-state index is 13.2. The Kier molecular flexibility index (Phi) is 13.1. The Morgan fingerprint density at radius 3 is 1.03 bits per heavy atom. The number of rotatable bonds is 10. The molecule has 0 unspecified atom stereocenters. The van der Waals surface area contributed by atoms with E-state index in [1.165, 1.54) is 28.4 Å². The normalized spacial score (nSPS) is 25.2. The van der Waals surface area contributed by atoms with Gasteiger partial charge < -0.3 is 18.9 Å². The maximum absolute atomic E-state index is 13.2. The zero-order valence-corrected chi connectivity index (χ0v) is 38.4. The highest BCUT2D eigenvalue weighted by Gasteiger charge is 2.62. The molecule has 10 nitrogen and oxygen atoms in total. The van der Waals surface area contributed by atoms with E-state index in [-0.39, 0.29) is 11.8 Å². The van der Waals surface area contributed by atoms with Crippen molar-refractivity contribution < 1.29 is 38.1 Å². The van der Waals surface area contributed by atoms with E-state index >= 15 is 0 Å². The minimum Gasteiger partial charge on any atom is -0.466 e. The van der Waals surface area contributed by atoms with Gasteiger partial charge in [0.1, 0.15) is 0 Å². The van der Waals surface area contributed by atoms with Crippen LogP contribution in [0.5, 0.6) is 0 Å². The fourth-order valence-corrected chi connectivity index (χ4v) is 10.8. The summed E-state index contributed by atoms with van der Waals surface area (Å²) in [4.78, 5) is 57.2. The molecular formula is C54H58N2O8. The second-order valence-electron chi connectivity index (χ2n) is 17.2. The van der Waals surface area contributed by atoms with Crippen molar-refractivity contribution in [2.45, 2.75) is 77.8 Å². The number of nitrogens with zero attached hydrogens (tertiary/aromatic N) is 2. The molecule has 0 saturated heterocycles. The summed E-state index contributed by atoms with van der Waals surface area (Å²) in [6.07, 6.45) is 0. The number of carbonyl (C=O) groups excluding carboxylic acids is 4. The van der Waals surface area contributed by atoms with E-state index in [0.29, 0.717) is 35.4 Å². The lowest BCUT2D eigenvalue weighted by atomic mass is 9.72. The standard InChI is InChI=1S/2C27H29NO4/c2*1-17-18(2)27(3)23(26(30)32-5)22(25(29)31-4)24(21(17)20-14-10-7-11-15-20)28(27)16-19-12-8-6-9-13-19/h2*6-15,18,24H,16H2,1-5H3/t2*18-,24+,27-/m10/s1. The SMILES string of the molecule is COC(=O)C1=C(C(=O)OC)[C@@]2(C)[C@H](C)C(C)=C(c3ccccc3)[C@@H]1N2Cc1ccccc1.COC(=O)C1=C(C(=O)OC)[C@]2(C)[C@@H](C)C(C)=C(c3ccccc3)[C@H]1N2Cc1ccccc1. The fraction of sp³-hybridized carbons (Fsp3) is 0.333. The Hall–Kier alpha value is -6.36. The van der Waals surface area contributed by atoms with Crippen LogP contribution in [0.4, 0.5) is 0 Å². The van der Waals surface area contributed by atoms with Gasteiger partial charge in [0, 0.05) is 24.9 Å². The van der Waals surface area contributed by atoms with Gasteiger partial charge in [-0.3, -0.25) is 9.80 Å². The summed E-state index contributed by atoms with van der Waals surface area (Å²) in [6.45, 7) is 13.7. The molecule has 4 aromatic carbocycles. The third-order valence-corrected chi connectivity index (χ3v) is 14.4. The Morgan fingerprint density at radius 2 is 0.750 bits per heavy atom. The van der Waals surface area contributed by atoms with Crippen LogP contribution in [0.2, 0.25) is 0 Å². The van der Waals surface area contributed by atoms with Crippen LogP contribution in [0.15, 0.2) is 155 Å². The quantitative estimate of drug-likeness (QED) is 0.113. The molecule has 4 aliphatic rings. The molecule has 10 heteroatoms. The van der Waals surface area contributed by atoms with Crippen LogP contribution >= 0.6 is 0 Å². The molecule has 0 spiro atoms. The number of benzene rings is 4. The first-order valence-corrected chi connectivity index (χ1v) is 21.7. The smallest absolute Gasteiger partial charge is 0.336 e. The summed E-state index contributed by atoms with van der Waals surface area (Å²) < 4.78 is 20.8. The first-order chi connectivity index (χ1) is 30.7. The first kappa shape index (κ1) is 45.7. The van der Waals surface area contributed by atoms with Crippen molar-refractivity contribution >= 4 is 35.0 Å². The van der Waals surface area contributed by atoms with Gasteiger partial charge in [0.2, 0.25) is 0 Å². The summed E-state index contributed by atoms with van der Waals surface area (Å²) in [5, 5.41) is 0. The van der Waals surface area contributed by atoms with Gasteiger partial charge in [-0.2, -0.15) is 0 Å². The van der Waals surface area contributed by atoms with Gasteiger partial charge in [-0.25, -0.2) is 19.2 Å². The minimum absolute atomic E-state index is 0.0334. The van der Waals surface area contributed by atoms with Crippen LogP contribution in [-0.2, 0) is 51.2 Å². The summed E-state index contributed by atoms with van der Waals surface area (Å²) >= 11 is 0. The van der Waals surface area contributed by atoms with Crippen LogP contribution in [0.25, 0.3) is 11.1 Å². The van der Waals surface area contributed by atoms with Gasteiger partial charge in [0.05, 0.1) is 73.9 Å². The van der Waals surface area contributed by atoms with Gasteiger partial charge in [0.15, 0.2) is 0 Å². The van der Waals surface area contributed by atoms with Crippen molar-refractivity contribution in [1.29, 1.82) is 0 Å². The number of methoxy groups -OCH3 is 4. The molecular weight excluding hydrogens is 805 g/mol. The van der Waals surface area contributed by atoms with Gasteiger partial charge >= 0.3 is 23.9 Å².